The Bertz CT molecular complexity index is 1270. The molecule has 8 heteroatoms. The van der Waals surface area contributed by atoms with Crippen LogP contribution in [-0.4, -0.2) is 41.8 Å². The Hall–Kier alpha value is -4.07. The van der Waals surface area contributed by atoms with E-state index in [1.54, 1.807) is 11.9 Å². The highest BCUT2D eigenvalue weighted by atomic mass is 19.1. The van der Waals surface area contributed by atoms with Crippen molar-refractivity contribution in [3.05, 3.63) is 107 Å². The molecule has 2 N–H and O–H groups in total. The Balaban J connectivity index is 1.48. The second-order valence-corrected chi connectivity index (χ2v) is 9.76. The molecule has 1 heterocycles. The molecule has 3 aromatic rings. The van der Waals surface area contributed by atoms with Gasteiger partial charge in [0.15, 0.2) is 0 Å². The highest BCUT2D eigenvalue weighted by molar-refractivity contribution is 5.92. The van der Waals surface area contributed by atoms with Crippen molar-refractivity contribution in [1.29, 1.82) is 0 Å². The number of hydrogen-bond donors (Lipinski definition) is 2. The predicted octanol–water partition coefficient (Wildman–Crippen LogP) is 4.27. The van der Waals surface area contributed by atoms with Crippen LogP contribution in [0.1, 0.15) is 48.4 Å². The molecular weight excluding hydrogens is 488 g/mol. The van der Waals surface area contributed by atoms with Crippen LogP contribution in [-0.2, 0) is 20.8 Å². The fourth-order valence-corrected chi connectivity index (χ4v) is 5.01. The molecule has 0 bridgehead atoms. The van der Waals surface area contributed by atoms with Crippen molar-refractivity contribution in [3.63, 3.8) is 0 Å². The SMILES string of the molecule is C[C@H](NC(=O)Cc1cc(F)cc(F)c1)C(=O)N[C@H]1C[C@H](c2ccccc2)C[C@@H](c2ccccc2)N(C)C1=O. The zero-order valence-electron chi connectivity index (χ0n) is 21.4. The summed E-state index contributed by atoms with van der Waals surface area (Å²) < 4.78 is 26.9. The summed E-state index contributed by atoms with van der Waals surface area (Å²) in [6, 6.07) is 20.7. The predicted molar refractivity (Wildman–Crippen MR) is 140 cm³/mol. The third-order valence-electron chi connectivity index (χ3n) is 6.97. The van der Waals surface area contributed by atoms with E-state index in [1.807, 2.05) is 60.7 Å². The van der Waals surface area contributed by atoms with Crippen molar-refractivity contribution < 1.29 is 23.2 Å². The van der Waals surface area contributed by atoms with Gasteiger partial charge in [0.1, 0.15) is 23.7 Å². The number of nitrogens with zero attached hydrogens (tertiary/aromatic N) is 1. The average molecular weight is 520 g/mol. The van der Waals surface area contributed by atoms with Crippen LogP contribution in [0.3, 0.4) is 0 Å². The van der Waals surface area contributed by atoms with E-state index in [0.29, 0.717) is 12.8 Å². The summed E-state index contributed by atoms with van der Waals surface area (Å²) in [5, 5.41) is 5.39. The van der Waals surface area contributed by atoms with Crippen LogP contribution in [0.15, 0.2) is 78.9 Å². The molecule has 3 aromatic carbocycles. The number of halogens is 2. The van der Waals surface area contributed by atoms with E-state index in [2.05, 4.69) is 10.6 Å². The molecule has 6 nitrogen and oxygen atoms in total. The number of hydrogen-bond acceptors (Lipinski definition) is 3. The van der Waals surface area contributed by atoms with Crippen molar-refractivity contribution in [2.24, 2.45) is 0 Å². The number of nitrogens with one attached hydrogen (secondary N) is 2. The minimum Gasteiger partial charge on any atom is -0.344 e. The maximum absolute atomic E-state index is 13.5. The number of rotatable bonds is 7. The number of likely N-dealkylation sites (tertiary alicyclic amines) is 1. The van der Waals surface area contributed by atoms with Gasteiger partial charge in [-0.05, 0) is 54.5 Å². The summed E-state index contributed by atoms with van der Waals surface area (Å²) in [6.45, 7) is 1.51. The molecule has 0 unspecified atom stereocenters. The number of amides is 3. The summed E-state index contributed by atoms with van der Waals surface area (Å²) >= 11 is 0. The van der Waals surface area contributed by atoms with Crippen LogP contribution < -0.4 is 10.6 Å². The highest BCUT2D eigenvalue weighted by Crippen LogP contribution is 2.38. The van der Waals surface area contributed by atoms with Crippen LogP contribution in [0.5, 0.6) is 0 Å². The second-order valence-electron chi connectivity index (χ2n) is 9.76. The first-order valence-corrected chi connectivity index (χ1v) is 12.6. The monoisotopic (exact) mass is 519 g/mol. The molecule has 1 aliphatic rings. The first kappa shape index (κ1) is 27.0. The molecule has 3 amide bonds. The molecule has 0 aromatic heterocycles. The van der Waals surface area contributed by atoms with E-state index in [9.17, 15) is 23.2 Å². The Morgan fingerprint density at radius 1 is 0.921 bits per heavy atom. The molecule has 1 aliphatic heterocycles. The summed E-state index contributed by atoms with van der Waals surface area (Å²) in [4.78, 5) is 40.7. The van der Waals surface area contributed by atoms with E-state index < -0.39 is 35.5 Å². The van der Waals surface area contributed by atoms with Crippen LogP contribution in [0, 0.1) is 11.6 Å². The molecule has 4 atom stereocenters. The molecule has 1 fully saturated rings. The lowest BCUT2D eigenvalue weighted by atomic mass is 9.86. The molecule has 0 radical (unpaired) electrons. The van der Waals surface area contributed by atoms with E-state index in [-0.39, 0.29) is 29.9 Å². The largest absolute Gasteiger partial charge is 0.344 e. The van der Waals surface area contributed by atoms with Crippen LogP contribution in [0.2, 0.25) is 0 Å². The smallest absolute Gasteiger partial charge is 0.245 e. The summed E-state index contributed by atoms with van der Waals surface area (Å²) in [6.07, 6.45) is 0.816. The Morgan fingerprint density at radius 2 is 1.50 bits per heavy atom. The topological polar surface area (TPSA) is 78.5 Å². The van der Waals surface area contributed by atoms with Gasteiger partial charge in [0.2, 0.25) is 17.7 Å². The van der Waals surface area contributed by atoms with Gasteiger partial charge < -0.3 is 15.5 Å². The van der Waals surface area contributed by atoms with Gasteiger partial charge in [-0.15, -0.1) is 0 Å². The van der Waals surface area contributed by atoms with Crippen LogP contribution in [0.25, 0.3) is 0 Å². The average Bonchev–Trinajstić information content (AvgIpc) is 3.01. The van der Waals surface area contributed by atoms with Gasteiger partial charge in [-0.1, -0.05) is 60.7 Å². The minimum atomic E-state index is -0.956. The lowest BCUT2D eigenvalue weighted by molar-refractivity contribution is -0.137. The quantitative estimate of drug-likeness (QED) is 0.489. The van der Waals surface area contributed by atoms with Gasteiger partial charge in [0.05, 0.1) is 12.5 Å². The maximum atomic E-state index is 13.5. The third-order valence-corrected chi connectivity index (χ3v) is 6.97. The third kappa shape index (κ3) is 6.62. The van der Waals surface area contributed by atoms with Crippen LogP contribution >= 0.6 is 0 Å². The summed E-state index contributed by atoms with van der Waals surface area (Å²) in [7, 11) is 1.75. The molecule has 1 saturated heterocycles. The Morgan fingerprint density at radius 3 is 2.11 bits per heavy atom. The Kier molecular flexibility index (Phi) is 8.51. The van der Waals surface area contributed by atoms with Crippen molar-refractivity contribution in [3.8, 4) is 0 Å². The standard InChI is InChI=1S/C30H31F2N3O3/c1-19(33-28(36)15-20-13-24(31)18-25(32)14-20)29(37)34-26-16-23(21-9-5-3-6-10-21)17-27(35(2)30(26)38)22-11-7-4-8-12-22/h3-14,18-19,23,26-27H,15-17H2,1-2H3,(H,33,36)(H,34,37)/t19-,23-,26-,27-/m0/s1. The molecule has 198 valence electrons. The first-order chi connectivity index (χ1) is 18.2. The molecule has 0 spiro atoms. The molecule has 0 aliphatic carbocycles. The number of carbonyl (C=O) groups excluding carboxylic acids is 3. The number of likely N-dealkylation sites (N-methyl/N-ethyl adjacent to an activating group) is 1. The lowest BCUT2D eigenvalue weighted by Crippen LogP contribution is -2.53. The fraction of sp³-hybridized carbons (Fsp3) is 0.300. The van der Waals surface area contributed by atoms with Crippen molar-refractivity contribution >= 4 is 17.7 Å². The van der Waals surface area contributed by atoms with E-state index >= 15 is 0 Å². The number of benzene rings is 3. The van der Waals surface area contributed by atoms with E-state index in [4.69, 9.17) is 0 Å². The lowest BCUT2D eigenvalue weighted by Gasteiger charge is -2.29. The maximum Gasteiger partial charge on any atom is 0.245 e. The second kappa shape index (κ2) is 12.0. The molecular formula is C30H31F2N3O3. The molecule has 4 rings (SSSR count). The zero-order valence-corrected chi connectivity index (χ0v) is 21.4. The summed E-state index contributed by atoms with van der Waals surface area (Å²) in [5.74, 6) is -2.84. The minimum absolute atomic E-state index is 0.00776. The van der Waals surface area contributed by atoms with Crippen molar-refractivity contribution in [2.75, 3.05) is 7.05 Å². The van der Waals surface area contributed by atoms with Gasteiger partial charge in [-0.3, -0.25) is 14.4 Å². The zero-order chi connectivity index (χ0) is 27.2. The van der Waals surface area contributed by atoms with Crippen molar-refractivity contribution in [1.82, 2.24) is 15.5 Å². The fourth-order valence-electron chi connectivity index (χ4n) is 5.01. The van der Waals surface area contributed by atoms with Gasteiger partial charge in [0, 0.05) is 13.1 Å². The van der Waals surface area contributed by atoms with Crippen LogP contribution in [0.4, 0.5) is 8.78 Å². The molecule has 0 saturated carbocycles. The van der Waals surface area contributed by atoms with Gasteiger partial charge in [-0.2, -0.15) is 0 Å². The number of carbonyl (C=O) groups is 3. The molecule has 38 heavy (non-hydrogen) atoms. The van der Waals surface area contributed by atoms with Gasteiger partial charge in [-0.25, -0.2) is 8.78 Å². The van der Waals surface area contributed by atoms with Gasteiger partial charge >= 0.3 is 0 Å². The van der Waals surface area contributed by atoms with Gasteiger partial charge in [0.25, 0.3) is 0 Å². The summed E-state index contributed by atoms with van der Waals surface area (Å²) in [5.41, 5.74) is 2.26. The van der Waals surface area contributed by atoms with Crippen molar-refractivity contribution in [2.45, 2.75) is 50.2 Å². The normalized spacial score (nSPS) is 20.4. The Labute approximate surface area is 221 Å². The first-order valence-electron chi connectivity index (χ1n) is 12.6. The van der Waals surface area contributed by atoms with E-state index in [0.717, 1.165) is 29.3 Å². The highest BCUT2D eigenvalue weighted by Gasteiger charge is 2.37. The van der Waals surface area contributed by atoms with E-state index in [1.165, 1.54) is 6.92 Å².